The highest BCUT2D eigenvalue weighted by atomic mass is 32.2. The van der Waals surface area contributed by atoms with Gasteiger partial charge in [-0.3, -0.25) is 0 Å². The number of piperidine rings is 1. The van der Waals surface area contributed by atoms with Crippen LogP contribution in [0.15, 0.2) is 29.2 Å². The van der Waals surface area contributed by atoms with E-state index in [2.05, 4.69) is 5.11 Å². The number of benzene rings is 1. The zero-order valence-corrected chi connectivity index (χ0v) is 10.9. The molecule has 1 heterocycles. The van der Waals surface area contributed by atoms with Crippen molar-refractivity contribution in [3.8, 4) is 0 Å². The number of rotatable bonds is 4. The highest BCUT2D eigenvalue weighted by Crippen LogP contribution is 2.48. The smallest absolute Gasteiger partial charge is 0.243 e. The van der Waals surface area contributed by atoms with Crippen molar-refractivity contribution < 1.29 is 25.9 Å². The maximum atomic E-state index is 13.4. The lowest BCUT2D eigenvalue weighted by Gasteiger charge is -2.33. The molecule has 1 N–H and O–H groups in total. The topological polar surface area (TPSA) is 57.6 Å². The molecule has 1 aromatic rings. The van der Waals surface area contributed by atoms with Crippen LogP contribution in [-0.2, 0) is 10.0 Å². The predicted octanol–water partition coefficient (Wildman–Crippen LogP) is 1.39. The van der Waals surface area contributed by atoms with Crippen molar-refractivity contribution in [3.63, 3.8) is 0 Å². The molecule has 2 aliphatic rings. The molecule has 0 radical (unpaired) electrons. The van der Waals surface area contributed by atoms with Crippen LogP contribution in [0, 0.1) is 18.7 Å². The molecule has 0 bridgehead atoms. The fraction of sp³-hybridized carbons (Fsp3) is 0.571. The van der Waals surface area contributed by atoms with Gasteiger partial charge in [-0.2, -0.15) is 4.31 Å². The number of aliphatic hydroxyl groups is 1. The van der Waals surface area contributed by atoms with Gasteiger partial charge in [0.05, 0.1) is 15.6 Å². The highest BCUT2D eigenvalue weighted by Gasteiger charge is 2.49. The zero-order valence-electron chi connectivity index (χ0n) is 20.1. The first-order chi connectivity index (χ1) is 12.9. The molecule has 3 rings (SSSR count). The second-order valence-electron chi connectivity index (χ2n) is 4.40. The van der Waals surface area contributed by atoms with Crippen LogP contribution < -0.4 is 0 Å². The second-order valence-corrected chi connectivity index (χ2v) is 6.19. The predicted molar refractivity (Wildman–Crippen MR) is 72.2 cm³/mol. The molecule has 104 valence electrons. The summed E-state index contributed by atoms with van der Waals surface area (Å²) in [6.45, 7) is -5.37. The van der Waals surface area contributed by atoms with E-state index in [0.29, 0.717) is 5.56 Å². The number of hydrogen-bond donors (Lipinski definition) is 1. The summed E-state index contributed by atoms with van der Waals surface area (Å²) < 4.78 is 107. The van der Waals surface area contributed by atoms with Gasteiger partial charge >= 0.3 is 0 Å². The van der Waals surface area contributed by atoms with Crippen molar-refractivity contribution in [3.05, 3.63) is 29.8 Å². The van der Waals surface area contributed by atoms with Crippen molar-refractivity contribution >= 4 is 10.0 Å². The Hall–Kier alpha value is -0.910. The van der Waals surface area contributed by atoms with Crippen molar-refractivity contribution in [1.82, 2.24) is 4.31 Å². The van der Waals surface area contributed by atoms with Gasteiger partial charge in [-0.1, -0.05) is 17.7 Å². The molecular weight excluding hydrogens is 262 g/mol. The summed E-state index contributed by atoms with van der Waals surface area (Å²) in [7, 11) is -5.11. The minimum absolute atomic E-state index is 0.362. The molecule has 0 amide bonds. The second kappa shape index (κ2) is 4.58. The minimum Gasteiger partial charge on any atom is -0.395 e. The van der Waals surface area contributed by atoms with Crippen LogP contribution in [-0.4, -0.2) is 38.3 Å². The van der Waals surface area contributed by atoms with Crippen LogP contribution in [0.1, 0.15) is 30.7 Å². The number of aryl methyl sites for hydroxylation is 1. The van der Waals surface area contributed by atoms with Gasteiger partial charge in [0.2, 0.25) is 11.5 Å². The standard InChI is InChI=1S/C14H19NO3S/c1-10-2-4-14(5-3-10)19(17,18)15-8-12-6-11(12)7-13(15)9-16/h2-5,11-13,16H,6-9H2,1H3/t11-,12+,13+/m1/s1/i7D2,8D2,9D2,11D,12D,13D,16D. The Morgan fingerprint density at radius 3 is 2.95 bits per heavy atom. The Morgan fingerprint density at radius 2 is 2.26 bits per heavy atom. The molecular formula is C14H19NO3S. The van der Waals surface area contributed by atoms with Crippen molar-refractivity contribution in [2.45, 2.75) is 30.6 Å². The maximum Gasteiger partial charge on any atom is 0.243 e. The van der Waals surface area contributed by atoms with Crippen LogP contribution in [0.4, 0.5) is 0 Å². The summed E-state index contributed by atoms with van der Waals surface area (Å²) in [6.07, 6.45) is -4.18. The van der Waals surface area contributed by atoms with Gasteiger partial charge in [-0.05, 0) is 43.6 Å². The molecule has 5 heteroatoms. The molecule has 4 nitrogen and oxygen atoms in total. The van der Waals surface area contributed by atoms with Crippen molar-refractivity contribution in [1.29, 1.82) is 1.43 Å². The largest absolute Gasteiger partial charge is 0.395 e. The lowest BCUT2D eigenvalue weighted by molar-refractivity contribution is 0.150. The maximum absolute atomic E-state index is 13.4. The van der Waals surface area contributed by atoms with E-state index in [1.165, 1.54) is 12.1 Å². The van der Waals surface area contributed by atoms with Crippen LogP contribution in [0.25, 0.3) is 0 Å². The normalized spacial score (nSPS) is 56.3. The number of hydrogen-bond acceptors (Lipinski definition) is 3. The average Bonchev–Trinajstić information content (AvgIpc) is 3.20. The Kier molecular flexibility index (Phi) is 1.41. The van der Waals surface area contributed by atoms with Gasteiger partial charge in [0, 0.05) is 20.7 Å². The van der Waals surface area contributed by atoms with Gasteiger partial charge < -0.3 is 5.11 Å². The van der Waals surface area contributed by atoms with E-state index >= 15 is 0 Å². The molecule has 3 atom stereocenters. The fourth-order valence-electron chi connectivity index (χ4n) is 1.79. The molecule has 0 spiro atoms. The number of sulfonamides is 1. The van der Waals surface area contributed by atoms with Gasteiger partial charge in [0.1, 0.15) is 0 Å². The summed E-state index contributed by atoms with van der Waals surface area (Å²) in [5.74, 6) is -5.22. The molecule has 1 saturated heterocycles. The van der Waals surface area contributed by atoms with Crippen LogP contribution in [0.3, 0.4) is 0 Å². The van der Waals surface area contributed by atoms with Gasteiger partial charge in [-0.25, -0.2) is 8.42 Å². The van der Waals surface area contributed by atoms with Gasteiger partial charge in [0.25, 0.3) is 0 Å². The van der Waals surface area contributed by atoms with E-state index in [1.54, 1.807) is 6.92 Å². The summed E-state index contributed by atoms with van der Waals surface area (Å²) in [4.78, 5) is -0.554. The Labute approximate surface area is 128 Å². The Balaban J connectivity index is 2.39. The van der Waals surface area contributed by atoms with E-state index < -0.39 is 58.6 Å². The summed E-state index contributed by atoms with van der Waals surface area (Å²) in [5.41, 5.74) is 0.659. The first kappa shape index (κ1) is 5.84. The number of nitrogens with zero attached hydrogens (tertiary/aromatic N) is 1. The van der Waals surface area contributed by atoms with E-state index in [1.807, 2.05) is 0 Å². The summed E-state index contributed by atoms with van der Waals surface area (Å²) in [6, 6.07) is 1.20. The van der Waals surface area contributed by atoms with Crippen LogP contribution in [0.5, 0.6) is 0 Å². The molecule has 2 fully saturated rings. The van der Waals surface area contributed by atoms with Crippen LogP contribution >= 0.6 is 0 Å². The van der Waals surface area contributed by atoms with Crippen molar-refractivity contribution in [2.24, 2.45) is 11.8 Å². The summed E-state index contributed by atoms with van der Waals surface area (Å²) in [5, 5.41) is 3.87. The van der Waals surface area contributed by atoms with Gasteiger partial charge in [0.15, 0.2) is 0 Å². The third-order valence-corrected chi connectivity index (χ3v) is 4.58. The molecule has 0 aromatic heterocycles. The minimum atomic E-state index is -5.11. The lowest BCUT2D eigenvalue weighted by Crippen LogP contribution is -2.46. The third kappa shape index (κ3) is 2.30. The SMILES string of the molecule is [2H]OC([2H])([2H])[C@@]1([2H])N(S(=O)(=O)c2ccc(C)cc2)C([2H])([2H])[C@]2([2H])C[C@]2([2H])C1([2H])[2H]. The van der Waals surface area contributed by atoms with E-state index in [9.17, 15) is 8.42 Å². The first-order valence-corrected chi connectivity index (χ1v) is 7.09. The summed E-state index contributed by atoms with van der Waals surface area (Å²) >= 11 is 0. The van der Waals surface area contributed by atoms with Gasteiger partial charge in [-0.15, -0.1) is 0 Å². The lowest BCUT2D eigenvalue weighted by atomic mass is 10.1. The van der Waals surface area contributed by atoms with E-state index in [0.717, 1.165) is 12.1 Å². The molecule has 0 unspecified atom stereocenters. The molecule has 1 saturated carbocycles. The number of fused-ring (bicyclic) bond motifs is 1. The Morgan fingerprint density at radius 1 is 1.53 bits per heavy atom. The first-order valence-electron chi connectivity index (χ1n) is 10.6. The third-order valence-electron chi connectivity index (χ3n) is 2.96. The molecule has 1 aliphatic carbocycles. The fourth-order valence-corrected chi connectivity index (χ4v) is 3.04. The molecule has 1 aromatic carbocycles. The van der Waals surface area contributed by atoms with Crippen LogP contribution in [0.2, 0.25) is 0 Å². The van der Waals surface area contributed by atoms with E-state index in [4.69, 9.17) is 13.8 Å². The average molecular weight is 291 g/mol. The monoisotopic (exact) mass is 291 g/mol. The molecule has 1 aliphatic heterocycles. The highest BCUT2D eigenvalue weighted by molar-refractivity contribution is 7.89. The zero-order chi connectivity index (χ0) is 22.5. The van der Waals surface area contributed by atoms with Crippen molar-refractivity contribution in [2.75, 3.05) is 13.1 Å². The Bertz CT molecular complexity index is 955. The quantitative estimate of drug-likeness (QED) is 0.912. The van der Waals surface area contributed by atoms with E-state index in [-0.39, 0.29) is 4.31 Å². The molecule has 19 heavy (non-hydrogen) atoms.